The zero-order valence-corrected chi connectivity index (χ0v) is 12.0. The SMILES string of the molecule is CC(=O)N1CC=C(c2ccccc2)C=C1c1ccccc1. The van der Waals surface area contributed by atoms with Crippen molar-refractivity contribution < 1.29 is 4.79 Å². The lowest BCUT2D eigenvalue weighted by Gasteiger charge is -2.27. The Kier molecular flexibility index (Phi) is 3.69. The summed E-state index contributed by atoms with van der Waals surface area (Å²) in [6.07, 6.45) is 4.19. The maximum Gasteiger partial charge on any atom is 0.224 e. The molecule has 1 amide bonds. The Morgan fingerprint density at radius 2 is 1.48 bits per heavy atom. The van der Waals surface area contributed by atoms with Crippen LogP contribution in [0.3, 0.4) is 0 Å². The highest BCUT2D eigenvalue weighted by atomic mass is 16.2. The number of allylic oxidation sites excluding steroid dienone is 2. The van der Waals surface area contributed by atoms with Crippen LogP contribution in [0.25, 0.3) is 11.3 Å². The molecule has 0 fully saturated rings. The van der Waals surface area contributed by atoms with Crippen LogP contribution in [-0.2, 0) is 4.79 Å². The van der Waals surface area contributed by atoms with Gasteiger partial charge in [-0.25, -0.2) is 0 Å². The predicted octanol–water partition coefficient (Wildman–Crippen LogP) is 3.97. The summed E-state index contributed by atoms with van der Waals surface area (Å²) in [6, 6.07) is 20.3. The van der Waals surface area contributed by atoms with E-state index < -0.39 is 0 Å². The van der Waals surface area contributed by atoms with Crippen molar-refractivity contribution in [2.24, 2.45) is 0 Å². The normalized spacial score (nSPS) is 14.4. The number of rotatable bonds is 2. The Labute approximate surface area is 125 Å². The minimum atomic E-state index is 0.0634. The van der Waals surface area contributed by atoms with Crippen molar-refractivity contribution in [1.29, 1.82) is 0 Å². The Bertz CT molecular complexity index is 699. The Morgan fingerprint density at radius 1 is 0.905 bits per heavy atom. The molecule has 0 unspecified atom stereocenters. The van der Waals surface area contributed by atoms with Gasteiger partial charge in [0.05, 0.1) is 5.70 Å². The van der Waals surface area contributed by atoms with Crippen molar-refractivity contribution in [1.82, 2.24) is 4.90 Å². The fourth-order valence-corrected chi connectivity index (χ4v) is 2.55. The lowest BCUT2D eigenvalue weighted by Crippen LogP contribution is -2.29. The molecule has 104 valence electrons. The number of carbonyl (C=O) groups is 1. The van der Waals surface area contributed by atoms with Crippen LogP contribution in [0.4, 0.5) is 0 Å². The molecule has 3 rings (SSSR count). The maximum atomic E-state index is 11.9. The number of amides is 1. The molecule has 2 aromatic rings. The van der Waals surface area contributed by atoms with Crippen LogP contribution in [0, 0.1) is 0 Å². The highest BCUT2D eigenvalue weighted by Gasteiger charge is 2.19. The standard InChI is InChI=1S/C19H17NO/c1-15(21)20-13-12-18(16-8-4-2-5-9-16)14-19(20)17-10-6-3-7-11-17/h2-12,14H,13H2,1H3. The number of hydrogen-bond acceptors (Lipinski definition) is 1. The first kappa shape index (κ1) is 13.4. The summed E-state index contributed by atoms with van der Waals surface area (Å²) in [5.74, 6) is 0.0634. The minimum absolute atomic E-state index is 0.0634. The van der Waals surface area contributed by atoms with E-state index in [1.165, 1.54) is 5.56 Å². The van der Waals surface area contributed by atoms with Gasteiger partial charge in [-0.1, -0.05) is 66.7 Å². The second-order valence-electron chi connectivity index (χ2n) is 5.05. The molecule has 2 aromatic carbocycles. The molecule has 0 atom stereocenters. The number of benzene rings is 2. The highest BCUT2D eigenvalue weighted by molar-refractivity contribution is 5.93. The van der Waals surface area contributed by atoms with E-state index in [0.717, 1.165) is 16.8 Å². The van der Waals surface area contributed by atoms with E-state index >= 15 is 0 Å². The third kappa shape index (κ3) is 2.79. The maximum absolute atomic E-state index is 11.9. The van der Waals surface area contributed by atoms with Gasteiger partial charge in [0.2, 0.25) is 5.91 Å². The van der Waals surface area contributed by atoms with Gasteiger partial charge in [-0.05, 0) is 22.8 Å². The summed E-state index contributed by atoms with van der Waals surface area (Å²) >= 11 is 0. The van der Waals surface area contributed by atoms with E-state index in [1.807, 2.05) is 53.4 Å². The van der Waals surface area contributed by atoms with Crippen LogP contribution in [0.5, 0.6) is 0 Å². The van der Waals surface area contributed by atoms with Crippen molar-refractivity contribution in [3.8, 4) is 0 Å². The lowest BCUT2D eigenvalue weighted by molar-refractivity contribution is -0.125. The predicted molar refractivity (Wildman–Crippen MR) is 86.2 cm³/mol. The van der Waals surface area contributed by atoms with E-state index in [-0.39, 0.29) is 5.91 Å². The third-order valence-corrected chi connectivity index (χ3v) is 3.63. The molecule has 0 saturated heterocycles. The van der Waals surface area contributed by atoms with E-state index in [1.54, 1.807) is 6.92 Å². The first-order valence-corrected chi connectivity index (χ1v) is 7.06. The zero-order valence-electron chi connectivity index (χ0n) is 12.0. The summed E-state index contributed by atoms with van der Waals surface area (Å²) in [7, 11) is 0. The molecule has 1 aliphatic rings. The van der Waals surface area contributed by atoms with Gasteiger partial charge in [0.1, 0.15) is 0 Å². The Morgan fingerprint density at radius 3 is 2.05 bits per heavy atom. The van der Waals surface area contributed by atoms with E-state index in [2.05, 4.69) is 24.3 Å². The van der Waals surface area contributed by atoms with Crippen LogP contribution >= 0.6 is 0 Å². The van der Waals surface area contributed by atoms with Gasteiger partial charge in [0, 0.05) is 13.5 Å². The molecule has 0 radical (unpaired) electrons. The second-order valence-corrected chi connectivity index (χ2v) is 5.05. The molecule has 0 bridgehead atoms. The van der Waals surface area contributed by atoms with Gasteiger partial charge in [0.15, 0.2) is 0 Å². The number of carbonyl (C=O) groups excluding carboxylic acids is 1. The third-order valence-electron chi connectivity index (χ3n) is 3.63. The molecule has 0 aromatic heterocycles. The fraction of sp³-hybridized carbons (Fsp3) is 0.105. The van der Waals surface area contributed by atoms with E-state index in [0.29, 0.717) is 6.54 Å². The van der Waals surface area contributed by atoms with Crippen molar-refractivity contribution in [2.75, 3.05) is 6.54 Å². The summed E-state index contributed by atoms with van der Waals surface area (Å²) in [5.41, 5.74) is 4.36. The smallest absolute Gasteiger partial charge is 0.224 e. The van der Waals surface area contributed by atoms with Crippen LogP contribution < -0.4 is 0 Å². The van der Waals surface area contributed by atoms with Crippen LogP contribution in [-0.4, -0.2) is 17.4 Å². The van der Waals surface area contributed by atoms with Crippen molar-refractivity contribution in [3.05, 3.63) is 83.9 Å². The summed E-state index contributed by atoms with van der Waals surface area (Å²) in [5, 5.41) is 0. The first-order valence-electron chi connectivity index (χ1n) is 7.06. The molecule has 2 heteroatoms. The van der Waals surface area contributed by atoms with Crippen LogP contribution in [0.2, 0.25) is 0 Å². The first-order chi connectivity index (χ1) is 10.3. The molecule has 1 aliphatic heterocycles. The van der Waals surface area contributed by atoms with Crippen molar-refractivity contribution >= 4 is 17.2 Å². The average molecular weight is 275 g/mol. The molecule has 0 spiro atoms. The van der Waals surface area contributed by atoms with Gasteiger partial charge >= 0.3 is 0 Å². The van der Waals surface area contributed by atoms with Gasteiger partial charge in [0.25, 0.3) is 0 Å². The van der Waals surface area contributed by atoms with Crippen LogP contribution in [0.15, 0.2) is 72.8 Å². The van der Waals surface area contributed by atoms with E-state index in [9.17, 15) is 4.79 Å². The minimum Gasteiger partial charge on any atom is -0.308 e. The summed E-state index contributed by atoms with van der Waals surface area (Å²) in [6.45, 7) is 2.22. The Hall–Kier alpha value is -2.61. The van der Waals surface area contributed by atoms with Crippen molar-refractivity contribution in [2.45, 2.75) is 6.92 Å². The van der Waals surface area contributed by atoms with Gasteiger partial charge in [-0.3, -0.25) is 4.79 Å². The lowest BCUT2D eigenvalue weighted by atomic mass is 9.98. The Balaban J connectivity index is 2.04. The topological polar surface area (TPSA) is 20.3 Å². The molecule has 0 aliphatic carbocycles. The fourth-order valence-electron chi connectivity index (χ4n) is 2.55. The summed E-state index contributed by atoms with van der Waals surface area (Å²) < 4.78 is 0. The van der Waals surface area contributed by atoms with Crippen molar-refractivity contribution in [3.63, 3.8) is 0 Å². The molecular formula is C19H17NO. The molecule has 21 heavy (non-hydrogen) atoms. The number of hydrogen-bond donors (Lipinski definition) is 0. The monoisotopic (exact) mass is 275 g/mol. The zero-order chi connectivity index (χ0) is 14.7. The highest BCUT2D eigenvalue weighted by Crippen LogP contribution is 2.29. The largest absolute Gasteiger partial charge is 0.308 e. The molecule has 2 nitrogen and oxygen atoms in total. The summed E-state index contributed by atoms with van der Waals surface area (Å²) in [4.78, 5) is 13.7. The quantitative estimate of drug-likeness (QED) is 0.812. The second kappa shape index (κ2) is 5.80. The van der Waals surface area contributed by atoms with Gasteiger partial charge in [-0.2, -0.15) is 0 Å². The van der Waals surface area contributed by atoms with E-state index in [4.69, 9.17) is 0 Å². The van der Waals surface area contributed by atoms with Gasteiger partial charge in [-0.15, -0.1) is 0 Å². The molecular weight excluding hydrogens is 258 g/mol. The number of nitrogens with zero attached hydrogens (tertiary/aromatic N) is 1. The molecule has 1 heterocycles. The van der Waals surface area contributed by atoms with Crippen LogP contribution in [0.1, 0.15) is 18.1 Å². The molecule has 0 N–H and O–H groups in total. The van der Waals surface area contributed by atoms with Gasteiger partial charge < -0.3 is 4.90 Å². The molecule has 0 saturated carbocycles. The average Bonchev–Trinajstić information content (AvgIpc) is 2.56.